The maximum atomic E-state index is 10.1. The molecule has 3 heterocycles. The van der Waals surface area contributed by atoms with Gasteiger partial charge in [0.15, 0.2) is 11.7 Å². The standard InChI is InChI=1S/C10H15ClN6O5/c11-9(21)5-7(15-8(12)16-9)17(2-14-5)10(13)6(20)4(19)3(1-18)22-10/h2-4,6,18-21H,1,13H2,(H3,12,15,16)/t3-,4-,6-,9?,10+/m1/s1. The van der Waals surface area contributed by atoms with Crippen LogP contribution in [0.15, 0.2) is 11.3 Å². The van der Waals surface area contributed by atoms with Gasteiger partial charge in [0.2, 0.25) is 5.85 Å². The monoisotopic (exact) mass is 334 g/mol. The number of aliphatic hydroxyl groups excluding tert-OH is 3. The first kappa shape index (κ1) is 15.4. The van der Waals surface area contributed by atoms with Crippen LogP contribution in [-0.2, 0) is 15.8 Å². The maximum Gasteiger partial charge on any atom is 0.285 e. The fourth-order valence-corrected chi connectivity index (χ4v) is 2.73. The summed E-state index contributed by atoms with van der Waals surface area (Å²) in [7, 11) is 0. The zero-order valence-electron chi connectivity index (χ0n) is 11.1. The van der Waals surface area contributed by atoms with Crippen molar-refractivity contribution in [2.45, 2.75) is 29.3 Å². The van der Waals surface area contributed by atoms with Gasteiger partial charge in [-0.3, -0.25) is 10.3 Å². The quantitative estimate of drug-likeness (QED) is 0.214. The molecule has 0 saturated carbocycles. The molecule has 1 unspecified atom stereocenters. The molecule has 0 bridgehead atoms. The van der Waals surface area contributed by atoms with Gasteiger partial charge in [-0.05, 0) is 0 Å². The van der Waals surface area contributed by atoms with Crippen molar-refractivity contribution in [2.75, 3.05) is 11.9 Å². The van der Waals surface area contributed by atoms with E-state index >= 15 is 0 Å². The van der Waals surface area contributed by atoms with Gasteiger partial charge in [0, 0.05) is 0 Å². The van der Waals surface area contributed by atoms with E-state index in [2.05, 4.69) is 15.3 Å². The van der Waals surface area contributed by atoms with E-state index in [0.717, 1.165) is 10.9 Å². The topological polar surface area (TPSA) is 184 Å². The largest absolute Gasteiger partial charge is 0.394 e. The van der Waals surface area contributed by atoms with Crippen molar-refractivity contribution < 1.29 is 25.2 Å². The van der Waals surface area contributed by atoms with Crippen molar-refractivity contribution in [3.05, 3.63) is 12.0 Å². The van der Waals surface area contributed by atoms with Crippen molar-refractivity contribution in [2.24, 2.45) is 16.5 Å². The average molecular weight is 335 g/mol. The highest BCUT2D eigenvalue weighted by molar-refractivity contribution is 6.24. The normalized spacial score (nSPS) is 41.0. The molecule has 1 fully saturated rings. The summed E-state index contributed by atoms with van der Waals surface area (Å²) in [5, 5.41) is 39.6. The number of aliphatic imine (C=N–C) groups is 1. The van der Waals surface area contributed by atoms with Crippen LogP contribution in [0.4, 0.5) is 5.82 Å². The summed E-state index contributed by atoms with van der Waals surface area (Å²) in [4.78, 5) is 7.46. The predicted molar refractivity (Wildman–Crippen MR) is 73.4 cm³/mol. The van der Waals surface area contributed by atoms with Crippen LogP contribution in [0.2, 0.25) is 0 Å². The molecule has 11 nitrogen and oxygen atoms in total. The molecule has 2 aliphatic heterocycles. The van der Waals surface area contributed by atoms with Crippen LogP contribution in [0, 0.1) is 0 Å². The number of ether oxygens (including phenoxy) is 1. The number of anilines is 1. The molecule has 1 aromatic rings. The van der Waals surface area contributed by atoms with E-state index < -0.39 is 36.0 Å². The molecule has 1 saturated heterocycles. The zero-order chi connectivity index (χ0) is 16.3. The molecule has 1 aromatic heterocycles. The van der Waals surface area contributed by atoms with E-state index in [1.807, 2.05) is 0 Å². The van der Waals surface area contributed by atoms with Crippen molar-refractivity contribution in [3.63, 3.8) is 0 Å². The number of rotatable bonds is 2. The molecule has 0 aliphatic carbocycles. The van der Waals surface area contributed by atoms with E-state index in [1.54, 1.807) is 0 Å². The Labute approximate surface area is 128 Å². The van der Waals surface area contributed by atoms with Gasteiger partial charge in [0.05, 0.1) is 6.61 Å². The Morgan fingerprint density at radius 3 is 2.77 bits per heavy atom. The highest BCUT2D eigenvalue weighted by Gasteiger charge is 2.55. The summed E-state index contributed by atoms with van der Waals surface area (Å²) in [6, 6.07) is 0. The number of aliphatic hydroxyl groups is 4. The number of hydrogen-bond acceptors (Lipinski definition) is 10. The third-order valence-corrected chi connectivity index (χ3v) is 3.87. The van der Waals surface area contributed by atoms with Gasteiger partial charge in [-0.1, -0.05) is 11.6 Å². The van der Waals surface area contributed by atoms with E-state index in [-0.39, 0.29) is 17.5 Å². The molecular weight excluding hydrogens is 320 g/mol. The summed E-state index contributed by atoms with van der Waals surface area (Å²) in [6.07, 6.45) is -2.96. The molecule has 122 valence electrons. The Morgan fingerprint density at radius 1 is 1.50 bits per heavy atom. The number of fused-ring (bicyclic) bond motifs is 1. The number of nitrogens with one attached hydrogen (secondary N) is 1. The Hall–Kier alpha value is -1.47. The lowest BCUT2D eigenvalue weighted by molar-refractivity contribution is -0.142. The lowest BCUT2D eigenvalue weighted by atomic mass is 10.1. The number of guanidine groups is 1. The van der Waals surface area contributed by atoms with Crippen molar-refractivity contribution in [1.29, 1.82) is 0 Å². The molecule has 0 spiro atoms. The van der Waals surface area contributed by atoms with Crippen LogP contribution in [-0.4, -0.2) is 60.9 Å². The van der Waals surface area contributed by atoms with E-state index in [4.69, 9.17) is 32.9 Å². The van der Waals surface area contributed by atoms with Gasteiger partial charge >= 0.3 is 0 Å². The zero-order valence-corrected chi connectivity index (χ0v) is 11.8. The van der Waals surface area contributed by atoms with Gasteiger partial charge in [0.1, 0.15) is 30.5 Å². The number of imidazole rings is 1. The minimum Gasteiger partial charge on any atom is -0.394 e. The first-order chi connectivity index (χ1) is 10.2. The first-order valence-electron chi connectivity index (χ1n) is 6.26. The number of aromatic nitrogens is 2. The molecular formula is C10H15ClN6O5. The first-order valence-corrected chi connectivity index (χ1v) is 6.64. The summed E-state index contributed by atoms with van der Waals surface area (Å²) >= 11 is 5.82. The number of hydrogen-bond donors (Lipinski definition) is 7. The Kier molecular flexibility index (Phi) is 3.34. The van der Waals surface area contributed by atoms with Crippen LogP contribution < -0.4 is 16.8 Å². The lowest BCUT2D eigenvalue weighted by Crippen LogP contribution is -2.53. The van der Waals surface area contributed by atoms with Gasteiger partial charge in [-0.15, -0.1) is 0 Å². The Balaban J connectivity index is 2.07. The predicted octanol–water partition coefficient (Wildman–Crippen LogP) is -3.35. The Bertz CT molecular complexity index is 635. The minimum absolute atomic E-state index is 0.0392. The van der Waals surface area contributed by atoms with Crippen LogP contribution >= 0.6 is 11.6 Å². The molecule has 0 aromatic carbocycles. The SMILES string of the molecule is NC1=NC(O)(Cl)c2ncn([C@]3(N)O[C@H](CO)[C@@H](O)[C@H]3O)c2N1. The van der Waals surface area contributed by atoms with Crippen molar-refractivity contribution in [3.8, 4) is 0 Å². The van der Waals surface area contributed by atoms with Crippen molar-refractivity contribution in [1.82, 2.24) is 9.55 Å². The van der Waals surface area contributed by atoms with Gasteiger partial charge in [-0.25, -0.2) is 4.98 Å². The number of halogens is 1. The summed E-state index contributed by atoms with van der Waals surface area (Å²) in [6.45, 7) is -0.551. The van der Waals surface area contributed by atoms with E-state index in [1.165, 1.54) is 0 Å². The second kappa shape index (κ2) is 4.76. The summed E-state index contributed by atoms with van der Waals surface area (Å²) in [5.74, 6) is -2.12. The van der Waals surface area contributed by atoms with Crippen LogP contribution in [0.1, 0.15) is 5.69 Å². The minimum atomic E-state index is -2.20. The third-order valence-electron chi connectivity index (χ3n) is 3.61. The molecule has 2 aliphatic rings. The number of nitrogens with zero attached hydrogens (tertiary/aromatic N) is 3. The summed E-state index contributed by atoms with van der Waals surface area (Å²) < 4.78 is 6.45. The smallest absolute Gasteiger partial charge is 0.285 e. The van der Waals surface area contributed by atoms with Crippen LogP contribution in [0.3, 0.4) is 0 Å². The highest BCUT2D eigenvalue weighted by Crippen LogP contribution is 2.40. The average Bonchev–Trinajstić information content (AvgIpc) is 2.94. The molecule has 5 atom stereocenters. The second-order valence-electron chi connectivity index (χ2n) is 5.05. The lowest BCUT2D eigenvalue weighted by Gasteiger charge is -2.32. The molecule has 3 rings (SSSR count). The van der Waals surface area contributed by atoms with E-state index in [0.29, 0.717) is 0 Å². The molecule has 9 N–H and O–H groups in total. The Morgan fingerprint density at radius 2 is 2.18 bits per heavy atom. The second-order valence-corrected chi connectivity index (χ2v) is 5.57. The van der Waals surface area contributed by atoms with Crippen molar-refractivity contribution >= 4 is 23.4 Å². The number of alkyl halides is 1. The molecule has 0 amide bonds. The van der Waals surface area contributed by atoms with Gasteiger partial charge in [0.25, 0.3) is 5.18 Å². The molecule has 12 heteroatoms. The van der Waals surface area contributed by atoms with Crippen LogP contribution in [0.5, 0.6) is 0 Å². The van der Waals surface area contributed by atoms with E-state index in [9.17, 15) is 15.3 Å². The van der Waals surface area contributed by atoms with Crippen LogP contribution in [0.25, 0.3) is 0 Å². The highest BCUT2D eigenvalue weighted by atomic mass is 35.5. The molecule has 0 radical (unpaired) electrons. The summed E-state index contributed by atoms with van der Waals surface area (Å²) in [5.41, 5.74) is 11.4. The number of nitrogens with two attached hydrogens (primary N) is 2. The third kappa shape index (κ3) is 1.99. The van der Waals surface area contributed by atoms with Gasteiger partial charge < -0.3 is 36.2 Å². The molecule has 22 heavy (non-hydrogen) atoms. The van der Waals surface area contributed by atoms with Gasteiger partial charge in [-0.2, -0.15) is 4.99 Å². The maximum absolute atomic E-state index is 10.1. The fourth-order valence-electron chi connectivity index (χ4n) is 2.50. The fraction of sp³-hybridized carbons (Fsp3) is 0.600.